The largest absolute Gasteiger partial charge is 0.339 e. The molecule has 16 heavy (non-hydrogen) atoms. The van der Waals surface area contributed by atoms with Crippen LogP contribution in [0, 0.1) is 5.92 Å². The third-order valence-electron chi connectivity index (χ3n) is 2.32. The second-order valence-electron chi connectivity index (χ2n) is 4.58. The minimum atomic E-state index is 0.0889. The molecule has 0 saturated carbocycles. The summed E-state index contributed by atoms with van der Waals surface area (Å²) >= 11 is 1.81. The van der Waals surface area contributed by atoms with Gasteiger partial charge in [0.05, 0.1) is 5.75 Å². The van der Waals surface area contributed by atoms with Crippen LogP contribution in [-0.2, 0) is 12.2 Å². The molecule has 4 nitrogen and oxygen atoms in total. The fourth-order valence-electron chi connectivity index (χ4n) is 1.11. The average Bonchev–Trinajstić information content (AvgIpc) is 2.62. The van der Waals surface area contributed by atoms with Gasteiger partial charge in [-0.05, 0) is 11.2 Å². The topological polar surface area (TPSA) is 64.9 Å². The van der Waals surface area contributed by atoms with Crippen LogP contribution in [0.2, 0.25) is 0 Å². The van der Waals surface area contributed by atoms with Crippen molar-refractivity contribution in [2.75, 3.05) is 0 Å². The van der Waals surface area contributed by atoms with E-state index in [-0.39, 0.29) is 6.04 Å². The summed E-state index contributed by atoms with van der Waals surface area (Å²) in [4.78, 5) is 4.33. The van der Waals surface area contributed by atoms with E-state index < -0.39 is 0 Å². The Hall–Kier alpha value is -0.550. The Balaban J connectivity index is 2.45. The maximum atomic E-state index is 5.95. The zero-order valence-corrected chi connectivity index (χ0v) is 11.3. The lowest BCUT2D eigenvalue weighted by Gasteiger charge is -2.11. The molecule has 1 rings (SSSR count). The molecule has 1 unspecified atom stereocenters. The SMILES string of the molecule is CC(C)SCc1noc(CC(N)C(C)C)n1. The van der Waals surface area contributed by atoms with Gasteiger partial charge in [-0.15, -0.1) is 0 Å². The van der Waals surface area contributed by atoms with Gasteiger partial charge in [0.2, 0.25) is 5.89 Å². The Bertz CT molecular complexity index is 312. The van der Waals surface area contributed by atoms with Crippen LogP contribution in [0.4, 0.5) is 0 Å². The van der Waals surface area contributed by atoms with E-state index in [2.05, 4.69) is 37.8 Å². The highest BCUT2D eigenvalue weighted by atomic mass is 32.2. The van der Waals surface area contributed by atoms with Crippen LogP contribution in [0.5, 0.6) is 0 Å². The monoisotopic (exact) mass is 243 g/mol. The second kappa shape index (κ2) is 6.25. The summed E-state index contributed by atoms with van der Waals surface area (Å²) in [6.45, 7) is 8.49. The number of thioether (sulfide) groups is 1. The summed E-state index contributed by atoms with van der Waals surface area (Å²) in [6, 6.07) is 0.0889. The van der Waals surface area contributed by atoms with Gasteiger partial charge in [-0.1, -0.05) is 32.9 Å². The molecule has 0 radical (unpaired) electrons. The maximum absolute atomic E-state index is 5.95. The van der Waals surface area contributed by atoms with E-state index in [9.17, 15) is 0 Å². The van der Waals surface area contributed by atoms with Crippen LogP contribution < -0.4 is 5.73 Å². The Morgan fingerprint density at radius 1 is 1.31 bits per heavy atom. The number of hydrogen-bond donors (Lipinski definition) is 1. The fraction of sp³-hybridized carbons (Fsp3) is 0.818. The first-order valence-corrected chi connectivity index (χ1v) is 6.72. The second-order valence-corrected chi connectivity index (χ2v) is 6.14. The summed E-state index contributed by atoms with van der Waals surface area (Å²) in [5.74, 6) is 2.66. The molecule has 0 bridgehead atoms. The van der Waals surface area contributed by atoms with Gasteiger partial charge in [-0.25, -0.2) is 0 Å². The zero-order valence-electron chi connectivity index (χ0n) is 10.4. The molecule has 0 aliphatic heterocycles. The molecule has 0 aliphatic carbocycles. The summed E-state index contributed by atoms with van der Waals surface area (Å²) in [5, 5.41) is 4.52. The molecule has 0 amide bonds. The van der Waals surface area contributed by atoms with Crippen LogP contribution in [0.1, 0.15) is 39.4 Å². The van der Waals surface area contributed by atoms with E-state index in [1.807, 2.05) is 0 Å². The summed E-state index contributed by atoms with van der Waals surface area (Å²) < 4.78 is 5.16. The molecular weight excluding hydrogens is 222 g/mol. The number of rotatable bonds is 6. The first-order chi connectivity index (χ1) is 7.49. The Morgan fingerprint density at radius 3 is 2.56 bits per heavy atom. The zero-order chi connectivity index (χ0) is 12.1. The van der Waals surface area contributed by atoms with Crippen molar-refractivity contribution < 1.29 is 4.52 Å². The number of nitrogens with zero attached hydrogens (tertiary/aromatic N) is 2. The smallest absolute Gasteiger partial charge is 0.228 e. The third kappa shape index (κ3) is 4.53. The van der Waals surface area contributed by atoms with E-state index in [0.29, 0.717) is 23.5 Å². The highest BCUT2D eigenvalue weighted by molar-refractivity contribution is 7.99. The van der Waals surface area contributed by atoms with E-state index in [1.165, 1.54) is 0 Å². The Morgan fingerprint density at radius 2 is 2.00 bits per heavy atom. The van der Waals surface area contributed by atoms with Gasteiger partial charge < -0.3 is 10.3 Å². The predicted molar refractivity (Wildman–Crippen MR) is 67.2 cm³/mol. The van der Waals surface area contributed by atoms with E-state index in [1.54, 1.807) is 11.8 Å². The molecule has 92 valence electrons. The summed E-state index contributed by atoms with van der Waals surface area (Å²) in [5.41, 5.74) is 5.95. The highest BCUT2D eigenvalue weighted by Gasteiger charge is 2.14. The van der Waals surface area contributed by atoms with Crippen LogP contribution in [0.3, 0.4) is 0 Å². The molecule has 0 aromatic carbocycles. The van der Waals surface area contributed by atoms with Crippen LogP contribution in [0.15, 0.2) is 4.52 Å². The van der Waals surface area contributed by atoms with Gasteiger partial charge >= 0.3 is 0 Å². The van der Waals surface area contributed by atoms with Gasteiger partial charge in [0, 0.05) is 12.5 Å². The average molecular weight is 243 g/mol. The molecular formula is C11H21N3OS. The van der Waals surface area contributed by atoms with Crippen LogP contribution >= 0.6 is 11.8 Å². The van der Waals surface area contributed by atoms with Crippen LogP contribution in [0.25, 0.3) is 0 Å². The van der Waals surface area contributed by atoms with E-state index in [4.69, 9.17) is 10.3 Å². The molecule has 1 aromatic rings. The van der Waals surface area contributed by atoms with E-state index >= 15 is 0 Å². The van der Waals surface area contributed by atoms with Gasteiger partial charge in [-0.2, -0.15) is 16.7 Å². The van der Waals surface area contributed by atoms with Crippen molar-refractivity contribution in [2.45, 2.75) is 51.2 Å². The lowest BCUT2D eigenvalue weighted by atomic mass is 10.0. The number of hydrogen-bond acceptors (Lipinski definition) is 5. The maximum Gasteiger partial charge on any atom is 0.228 e. The molecule has 0 saturated heterocycles. The van der Waals surface area contributed by atoms with Crippen molar-refractivity contribution in [1.29, 1.82) is 0 Å². The summed E-state index contributed by atoms with van der Waals surface area (Å²) in [6.07, 6.45) is 0.664. The minimum absolute atomic E-state index is 0.0889. The van der Waals surface area contributed by atoms with Crippen molar-refractivity contribution in [3.63, 3.8) is 0 Å². The third-order valence-corrected chi connectivity index (χ3v) is 3.41. The lowest BCUT2D eigenvalue weighted by Crippen LogP contribution is -2.28. The fourth-order valence-corrected chi connectivity index (χ4v) is 1.71. The van der Waals surface area contributed by atoms with E-state index in [0.717, 1.165) is 11.6 Å². The molecule has 1 aromatic heterocycles. The Labute approximate surface area is 101 Å². The van der Waals surface area contributed by atoms with Gasteiger partial charge in [0.1, 0.15) is 0 Å². The molecule has 2 N–H and O–H groups in total. The minimum Gasteiger partial charge on any atom is -0.339 e. The van der Waals surface area contributed by atoms with Crippen molar-refractivity contribution in [1.82, 2.24) is 10.1 Å². The molecule has 0 fully saturated rings. The molecule has 1 atom stereocenters. The first kappa shape index (κ1) is 13.5. The standard InChI is InChI=1S/C11H21N3OS/c1-7(2)9(12)5-11-13-10(14-15-11)6-16-8(3)4/h7-9H,5-6,12H2,1-4H3. The van der Waals surface area contributed by atoms with Crippen molar-refractivity contribution in [3.8, 4) is 0 Å². The lowest BCUT2D eigenvalue weighted by molar-refractivity contribution is 0.350. The predicted octanol–water partition coefficient (Wildman–Crippen LogP) is 2.24. The molecule has 0 aliphatic rings. The number of nitrogens with two attached hydrogens (primary N) is 1. The van der Waals surface area contributed by atoms with Crippen molar-refractivity contribution in [2.24, 2.45) is 11.7 Å². The van der Waals surface area contributed by atoms with Gasteiger partial charge in [0.15, 0.2) is 5.82 Å². The van der Waals surface area contributed by atoms with Crippen LogP contribution in [-0.4, -0.2) is 21.4 Å². The van der Waals surface area contributed by atoms with Gasteiger partial charge in [-0.3, -0.25) is 0 Å². The summed E-state index contributed by atoms with van der Waals surface area (Å²) in [7, 11) is 0. The Kier molecular flexibility index (Phi) is 5.28. The van der Waals surface area contributed by atoms with Crippen molar-refractivity contribution >= 4 is 11.8 Å². The first-order valence-electron chi connectivity index (χ1n) is 5.67. The van der Waals surface area contributed by atoms with Gasteiger partial charge in [0.25, 0.3) is 0 Å². The molecule has 5 heteroatoms. The quantitative estimate of drug-likeness (QED) is 0.830. The van der Waals surface area contributed by atoms with Crippen molar-refractivity contribution in [3.05, 3.63) is 11.7 Å². The number of aromatic nitrogens is 2. The molecule has 0 spiro atoms. The molecule has 1 heterocycles. The normalized spacial score (nSPS) is 13.7. The highest BCUT2D eigenvalue weighted by Crippen LogP contribution is 2.15.